The largest absolute Gasteiger partial charge is 0.378 e. The number of likely N-dealkylation sites (N-methyl/N-ethyl adjacent to an activating group) is 1. The summed E-state index contributed by atoms with van der Waals surface area (Å²) < 4.78 is 5.42. The van der Waals surface area contributed by atoms with E-state index in [-0.39, 0.29) is 18.1 Å². The van der Waals surface area contributed by atoms with Gasteiger partial charge in [-0.25, -0.2) is 0 Å². The second-order valence-electron chi connectivity index (χ2n) is 4.22. The van der Waals surface area contributed by atoms with Crippen LogP contribution in [0.2, 0.25) is 0 Å². The number of thiophene rings is 1. The Morgan fingerprint density at radius 2 is 2.47 bits per heavy atom. The summed E-state index contributed by atoms with van der Waals surface area (Å²) in [5.41, 5.74) is 0.736. The maximum Gasteiger partial charge on any atom is 0.252 e. The molecule has 4 nitrogen and oxygen atoms in total. The number of amides is 1. The number of rotatable bonds is 4. The van der Waals surface area contributed by atoms with Crippen LogP contribution in [0.5, 0.6) is 0 Å². The van der Waals surface area contributed by atoms with Crippen molar-refractivity contribution in [3.63, 3.8) is 0 Å². The molecule has 2 heterocycles. The van der Waals surface area contributed by atoms with E-state index in [4.69, 9.17) is 4.74 Å². The minimum absolute atomic E-state index is 0.00347. The van der Waals surface area contributed by atoms with E-state index in [2.05, 4.69) is 17.1 Å². The molecule has 1 aromatic heterocycles. The molecule has 0 radical (unpaired) electrons. The zero-order chi connectivity index (χ0) is 12.3. The number of nitrogens with one attached hydrogen (secondary N) is 1. The summed E-state index contributed by atoms with van der Waals surface area (Å²) in [6.45, 7) is 4.87. The molecule has 0 spiro atoms. The van der Waals surface area contributed by atoms with Crippen molar-refractivity contribution in [3.8, 4) is 0 Å². The average molecular weight is 254 g/mol. The maximum atomic E-state index is 11.9. The number of likely N-dealkylation sites (tertiary alicyclic amines) is 1. The van der Waals surface area contributed by atoms with Crippen molar-refractivity contribution in [3.05, 3.63) is 22.4 Å². The molecule has 0 aromatic carbocycles. The fourth-order valence-corrected chi connectivity index (χ4v) is 2.77. The SMILES string of the molecule is CCN1C[C@H](NC(=O)c2ccsc2)[C@@H](OC)C1. The summed E-state index contributed by atoms with van der Waals surface area (Å²) in [7, 11) is 1.70. The molecule has 0 saturated carbocycles. The summed E-state index contributed by atoms with van der Waals surface area (Å²) in [6.07, 6.45) is 0.0949. The zero-order valence-electron chi connectivity index (χ0n) is 10.2. The fourth-order valence-electron chi connectivity index (χ4n) is 2.13. The van der Waals surface area contributed by atoms with Gasteiger partial charge in [0, 0.05) is 31.1 Å². The molecule has 2 rings (SSSR count). The average Bonchev–Trinajstić information content (AvgIpc) is 2.97. The van der Waals surface area contributed by atoms with Gasteiger partial charge < -0.3 is 10.1 Å². The van der Waals surface area contributed by atoms with E-state index in [1.807, 2.05) is 16.8 Å². The number of carbonyl (C=O) groups excluding carboxylic acids is 1. The monoisotopic (exact) mass is 254 g/mol. The molecule has 5 heteroatoms. The molecule has 1 amide bonds. The predicted molar refractivity (Wildman–Crippen MR) is 68.5 cm³/mol. The van der Waals surface area contributed by atoms with Crippen LogP contribution < -0.4 is 5.32 Å². The van der Waals surface area contributed by atoms with E-state index in [0.29, 0.717) is 0 Å². The third-order valence-corrected chi connectivity index (χ3v) is 3.87. The molecular formula is C12H18N2O2S. The highest BCUT2D eigenvalue weighted by Gasteiger charge is 2.33. The summed E-state index contributed by atoms with van der Waals surface area (Å²) in [6, 6.07) is 1.93. The molecule has 1 aromatic rings. The molecule has 1 saturated heterocycles. The highest BCUT2D eigenvalue weighted by atomic mass is 32.1. The van der Waals surface area contributed by atoms with Gasteiger partial charge in [-0.1, -0.05) is 6.92 Å². The smallest absolute Gasteiger partial charge is 0.252 e. The lowest BCUT2D eigenvalue weighted by Gasteiger charge is -2.18. The number of hydrogen-bond donors (Lipinski definition) is 1. The minimum Gasteiger partial charge on any atom is -0.378 e. The van der Waals surface area contributed by atoms with Crippen molar-refractivity contribution in [1.82, 2.24) is 10.2 Å². The van der Waals surface area contributed by atoms with E-state index in [9.17, 15) is 4.79 Å². The third kappa shape index (κ3) is 2.86. The van der Waals surface area contributed by atoms with Crippen LogP contribution in [0.15, 0.2) is 16.8 Å². The number of ether oxygens (including phenoxy) is 1. The Morgan fingerprint density at radius 3 is 3.06 bits per heavy atom. The van der Waals surface area contributed by atoms with Crippen molar-refractivity contribution in [2.45, 2.75) is 19.1 Å². The van der Waals surface area contributed by atoms with E-state index in [0.717, 1.165) is 25.2 Å². The minimum atomic E-state index is -0.00347. The Bertz CT molecular complexity index is 367. The summed E-state index contributed by atoms with van der Waals surface area (Å²) in [5.74, 6) is -0.00347. The van der Waals surface area contributed by atoms with Gasteiger partial charge in [-0.05, 0) is 18.0 Å². The van der Waals surface area contributed by atoms with E-state index < -0.39 is 0 Å². The van der Waals surface area contributed by atoms with Gasteiger partial charge in [-0.15, -0.1) is 0 Å². The number of hydrogen-bond acceptors (Lipinski definition) is 4. The predicted octanol–water partition coefficient (Wildman–Crippen LogP) is 1.20. The first-order valence-corrected chi connectivity index (χ1v) is 6.77. The third-order valence-electron chi connectivity index (χ3n) is 3.19. The fraction of sp³-hybridized carbons (Fsp3) is 0.583. The molecule has 17 heavy (non-hydrogen) atoms. The number of methoxy groups -OCH3 is 1. The van der Waals surface area contributed by atoms with Gasteiger partial charge in [-0.3, -0.25) is 9.69 Å². The molecule has 2 atom stereocenters. The van der Waals surface area contributed by atoms with Crippen molar-refractivity contribution in [2.75, 3.05) is 26.7 Å². The molecule has 0 aliphatic carbocycles. The van der Waals surface area contributed by atoms with Gasteiger partial charge in [-0.2, -0.15) is 11.3 Å². The van der Waals surface area contributed by atoms with E-state index in [1.54, 1.807) is 7.11 Å². The zero-order valence-corrected chi connectivity index (χ0v) is 11.0. The Morgan fingerprint density at radius 1 is 1.65 bits per heavy atom. The Labute approximate surface area is 106 Å². The molecule has 1 aliphatic heterocycles. The number of carbonyl (C=O) groups is 1. The first-order valence-electron chi connectivity index (χ1n) is 5.82. The van der Waals surface area contributed by atoms with Gasteiger partial charge in [0.2, 0.25) is 0 Å². The number of nitrogens with zero attached hydrogens (tertiary/aromatic N) is 1. The van der Waals surface area contributed by atoms with Crippen LogP contribution >= 0.6 is 11.3 Å². The lowest BCUT2D eigenvalue weighted by atomic mass is 10.2. The molecule has 1 N–H and O–H groups in total. The molecule has 1 fully saturated rings. The molecule has 1 aliphatic rings. The highest BCUT2D eigenvalue weighted by molar-refractivity contribution is 7.08. The standard InChI is InChI=1S/C12H18N2O2S/c1-3-14-6-10(11(7-14)16-2)13-12(15)9-4-5-17-8-9/h4-5,8,10-11H,3,6-7H2,1-2H3,(H,13,15)/t10-,11-/m0/s1. The highest BCUT2D eigenvalue weighted by Crippen LogP contribution is 2.14. The van der Waals surface area contributed by atoms with Gasteiger partial charge in [0.05, 0.1) is 12.1 Å². The second kappa shape index (κ2) is 5.62. The van der Waals surface area contributed by atoms with Crippen molar-refractivity contribution in [2.24, 2.45) is 0 Å². The first-order chi connectivity index (χ1) is 8.24. The lowest BCUT2D eigenvalue weighted by Crippen LogP contribution is -2.43. The van der Waals surface area contributed by atoms with Crippen LogP contribution in [-0.2, 0) is 4.74 Å². The van der Waals surface area contributed by atoms with Crippen LogP contribution in [-0.4, -0.2) is 49.7 Å². The summed E-state index contributed by atoms with van der Waals surface area (Å²) in [4.78, 5) is 14.2. The molecular weight excluding hydrogens is 236 g/mol. The Hall–Kier alpha value is -0.910. The first kappa shape index (κ1) is 12.5. The lowest BCUT2D eigenvalue weighted by molar-refractivity contribution is 0.0762. The summed E-state index contributed by atoms with van der Waals surface area (Å²) in [5, 5.41) is 6.82. The van der Waals surface area contributed by atoms with E-state index in [1.165, 1.54) is 11.3 Å². The van der Waals surface area contributed by atoms with Crippen LogP contribution in [0, 0.1) is 0 Å². The molecule has 0 unspecified atom stereocenters. The van der Waals surface area contributed by atoms with Gasteiger partial charge in [0.1, 0.15) is 0 Å². The topological polar surface area (TPSA) is 41.6 Å². The second-order valence-corrected chi connectivity index (χ2v) is 5.00. The maximum absolute atomic E-state index is 11.9. The van der Waals surface area contributed by atoms with Gasteiger partial charge in [0.25, 0.3) is 5.91 Å². The van der Waals surface area contributed by atoms with Crippen LogP contribution in [0.1, 0.15) is 17.3 Å². The van der Waals surface area contributed by atoms with Crippen molar-refractivity contribution in [1.29, 1.82) is 0 Å². The van der Waals surface area contributed by atoms with E-state index >= 15 is 0 Å². The normalized spacial score (nSPS) is 25.1. The van der Waals surface area contributed by atoms with Crippen LogP contribution in [0.3, 0.4) is 0 Å². The van der Waals surface area contributed by atoms with Crippen molar-refractivity contribution < 1.29 is 9.53 Å². The van der Waals surface area contributed by atoms with Crippen LogP contribution in [0.4, 0.5) is 0 Å². The Kier molecular flexibility index (Phi) is 4.15. The molecule has 0 bridgehead atoms. The Balaban J connectivity index is 1.96. The summed E-state index contributed by atoms with van der Waals surface area (Å²) >= 11 is 1.53. The van der Waals surface area contributed by atoms with Crippen LogP contribution in [0.25, 0.3) is 0 Å². The van der Waals surface area contributed by atoms with Gasteiger partial charge in [0.15, 0.2) is 0 Å². The van der Waals surface area contributed by atoms with Gasteiger partial charge >= 0.3 is 0 Å². The molecule has 94 valence electrons. The van der Waals surface area contributed by atoms with Crippen molar-refractivity contribution >= 4 is 17.2 Å². The quantitative estimate of drug-likeness (QED) is 0.878.